The minimum Gasteiger partial charge on any atom is -0.493 e. The summed E-state index contributed by atoms with van der Waals surface area (Å²) in [5.41, 5.74) is 4.61. The Bertz CT molecular complexity index is 1050. The van der Waals surface area contributed by atoms with Crippen LogP contribution in [-0.4, -0.2) is 44.2 Å². The maximum absolute atomic E-state index is 12.7. The number of nitrogens with zero attached hydrogens (tertiary/aromatic N) is 1. The molecule has 0 bridgehead atoms. The molecule has 1 aliphatic heterocycles. The van der Waals surface area contributed by atoms with Crippen LogP contribution < -0.4 is 14.8 Å². The molecule has 4 rings (SSSR count). The number of aryl methyl sites for hydroxylation is 1. The highest BCUT2D eigenvalue weighted by atomic mass is 16.5. The van der Waals surface area contributed by atoms with Crippen molar-refractivity contribution in [1.29, 1.82) is 0 Å². The highest BCUT2D eigenvalue weighted by Gasteiger charge is 2.26. The van der Waals surface area contributed by atoms with E-state index in [0.29, 0.717) is 13.0 Å². The van der Waals surface area contributed by atoms with Crippen molar-refractivity contribution < 1.29 is 14.3 Å². The fourth-order valence-electron chi connectivity index (χ4n) is 4.42. The maximum Gasteiger partial charge on any atom is 0.222 e. The first kappa shape index (κ1) is 22.9. The van der Waals surface area contributed by atoms with Gasteiger partial charge in [0.15, 0.2) is 11.5 Å². The van der Waals surface area contributed by atoms with E-state index in [1.165, 1.54) is 5.56 Å². The largest absolute Gasteiger partial charge is 0.493 e. The fraction of sp³-hybridized carbons (Fsp3) is 0.321. The summed E-state index contributed by atoms with van der Waals surface area (Å²) in [4.78, 5) is 14.7. The van der Waals surface area contributed by atoms with Gasteiger partial charge in [0.2, 0.25) is 5.91 Å². The molecule has 1 amide bonds. The van der Waals surface area contributed by atoms with E-state index in [1.54, 1.807) is 14.2 Å². The Kier molecular flexibility index (Phi) is 7.63. The van der Waals surface area contributed by atoms with Crippen LogP contribution in [0.25, 0.3) is 11.1 Å². The minimum absolute atomic E-state index is 0.235. The number of hydrogen-bond acceptors (Lipinski definition) is 4. The molecule has 1 saturated heterocycles. The van der Waals surface area contributed by atoms with Crippen LogP contribution >= 0.6 is 0 Å². The number of methoxy groups -OCH3 is 2. The maximum atomic E-state index is 12.7. The number of nitrogens with one attached hydrogen (secondary N) is 1. The first-order chi connectivity index (χ1) is 16.2. The van der Waals surface area contributed by atoms with E-state index in [1.807, 2.05) is 53.4 Å². The molecule has 0 aromatic heterocycles. The molecule has 1 heterocycles. The van der Waals surface area contributed by atoms with Gasteiger partial charge in [-0.1, -0.05) is 60.7 Å². The third-order valence-corrected chi connectivity index (χ3v) is 6.29. The van der Waals surface area contributed by atoms with Crippen LogP contribution in [0.5, 0.6) is 11.5 Å². The normalized spacial score (nSPS) is 15.5. The Hall–Kier alpha value is -3.31. The summed E-state index contributed by atoms with van der Waals surface area (Å²) in [6.07, 6.45) is 2.32. The van der Waals surface area contributed by atoms with E-state index in [2.05, 4.69) is 29.6 Å². The average molecular weight is 445 g/mol. The van der Waals surface area contributed by atoms with Crippen molar-refractivity contribution in [2.75, 3.05) is 27.3 Å². The molecule has 0 aliphatic carbocycles. The topological polar surface area (TPSA) is 50.8 Å². The second-order valence-corrected chi connectivity index (χ2v) is 8.42. The van der Waals surface area contributed by atoms with Crippen molar-refractivity contribution in [3.8, 4) is 22.6 Å². The zero-order chi connectivity index (χ0) is 23.0. The average Bonchev–Trinajstić information content (AvgIpc) is 3.36. The summed E-state index contributed by atoms with van der Waals surface area (Å²) < 4.78 is 11.1. The molecule has 1 aliphatic rings. The van der Waals surface area contributed by atoms with Crippen molar-refractivity contribution in [1.82, 2.24) is 10.2 Å². The summed E-state index contributed by atoms with van der Waals surface area (Å²) >= 11 is 0. The Balaban J connectivity index is 1.39. The van der Waals surface area contributed by atoms with Gasteiger partial charge < -0.3 is 19.7 Å². The summed E-state index contributed by atoms with van der Waals surface area (Å²) in [5.74, 6) is 1.67. The lowest BCUT2D eigenvalue weighted by Gasteiger charge is -2.19. The van der Waals surface area contributed by atoms with Gasteiger partial charge in [0, 0.05) is 32.1 Å². The van der Waals surface area contributed by atoms with Gasteiger partial charge in [0.1, 0.15) is 0 Å². The van der Waals surface area contributed by atoms with Crippen molar-refractivity contribution >= 4 is 5.91 Å². The lowest BCUT2D eigenvalue weighted by molar-refractivity contribution is -0.130. The first-order valence-electron chi connectivity index (χ1n) is 11.5. The Morgan fingerprint density at radius 3 is 2.33 bits per heavy atom. The van der Waals surface area contributed by atoms with Crippen LogP contribution in [0.4, 0.5) is 0 Å². The zero-order valence-electron chi connectivity index (χ0n) is 19.4. The van der Waals surface area contributed by atoms with Gasteiger partial charge in [-0.25, -0.2) is 0 Å². The Morgan fingerprint density at radius 1 is 0.970 bits per heavy atom. The van der Waals surface area contributed by atoms with E-state index >= 15 is 0 Å². The first-order valence-corrected chi connectivity index (χ1v) is 11.5. The lowest BCUT2D eigenvalue weighted by atomic mass is 9.98. The van der Waals surface area contributed by atoms with Crippen LogP contribution in [0.2, 0.25) is 0 Å². The van der Waals surface area contributed by atoms with Gasteiger partial charge >= 0.3 is 0 Å². The van der Waals surface area contributed by atoms with E-state index < -0.39 is 0 Å². The monoisotopic (exact) mass is 444 g/mol. The van der Waals surface area contributed by atoms with Gasteiger partial charge in [0.25, 0.3) is 0 Å². The summed E-state index contributed by atoms with van der Waals surface area (Å²) in [6.45, 7) is 2.26. The number of hydrogen-bond donors (Lipinski definition) is 1. The molecule has 1 unspecified atom stereocenters. The third-order valence-electron chi connectivity index (χ3n) is 6.29. The minimum atomic E-state index is 0.235. The number of amides is 1. The smallest absolute Gasteiger partial charge is 0.222 e. The van der Waals surface area contributed by atoms with Gasteiger partial charge in [0.05, 0.1) is 14.2 Å². The molecule has 5 nitrogen and oxygen atoms in total. The number of carbonyl (C=O) groups is 1. The van der Waals surface area contributed by atoms with E-state index in [9.17, 15) is 4.79 Å². The summed E-state index contributed by atoms with van der Waals surface area (Å²) in [6, 6.07) is 24.9. The standard InChI is InChI=1S/C28H32N2O3/c1-32-26-17-23(25(18-27(26)33-2)22-11-7-4-8-12-22)19-29-24-15-16-30(20-24)28(31)14-13-21-9-5-3-6-10-21/h3-12,17-18,24,29H,13-16,19-20H2,1-2H3. The zero-order valence-corrected chi connectivity index (χ0v) is 19.4. The molecule has 3 aromatic carbocycles. The van der Waals surface area contributed by atoms with Crippen LogP contribution in [-0.2, 0) is 17.8 Å². The molecular weight excluding hydrogens is 412 g/mol. The number of likely N-dealkylation sites (tertiary alicyclic amines) is 1. The number of rotatable bonds is 9. The molecule has 0 spiro atoms. The summed E-state index contributed by atoms with van der Waals surface area (Å²) in [7, 11) is 3.32. The highest BCUT2D eigenvalue weighted by molar-refractivity contribution is 5.77. The lowest BCUT2D eigenvalue weighted by Crippen LogP contribution is -2.35. The van der Waals surface area contributed by atoms with Crippen LogP contribution in [0, 0.1) is 0 Å². The molecule has 33 heavy (non-hydrogen) atoms. The van der Waals surface area contributed by atoms with Crippen molar-refractivity contribution in [3.63, 3.8) is 0 Å². The molecule has 5 heteroatoms. The van der Waals surface area contributed by atoms with Gasteiger partial charge in [-0.2, -0.15) is 0 Å². The van der Waals surface area contributed by atoms with E-state index in [4.69, 9.17) is 9.47 Å². The molecule has 0 saturated carbocycles. The third kappa shape index (κ3) is 5.74. The fourth-order valence-corrected chi connectivity index (χ4v) is 4.42. The Morgan fingerprint density at radius 2 is 1.64 bits per heavy atom. The number of ether oxygens (including phenoxy) is 2. The van der Waals surface area contributed by atoms with E-state index in [0.717, 1.165) is 54.1 Å². The van der Waals surface area contributed by atoms with Crippen molar-refractivity contribution in [2.45, 2.75) is 31.8 Å². The highest BCUT2D eigenvalue weighted by Crippen LogP contribution is 2.36. The van der Waals surface area contributed by atoms with Gasteiger partial charge in [-0.3, -0.25) is 4.79 Å². The van der Waals surface area contributed by atoms with Gasteiger partial charge in [-0.15, -0.1) is 0 Å². The molecule has 1 N–H and O–H groups in total. The molecular formula is C28H32N2O3. The second kappa shape index (κ2) is 11.0. The van der Waals surface area contributed by atoms with Crippen molar-refractivity contribution in [3.05, 3.63) is 83.9 Å². The van der Waals surface area contributed by atoms with Crippen LogP contribution in [0.1, 0.15) is 24.0 Å². The molecule has 1 fully saturated rings. The van der Waals surface area contributed by atoms with Crippen molar-refractivity contribution in [2.24, 2.45) is 0 Å². The van der Waals surface area contributed by atoms with Gasteiger partial charge in [-0.05, 0) is 47.2 Å². The Labute approximate surface area is 196 Å². The predicted molar refractivity (Wildman–Crippen MR) is 132 cm³/mol. The van der Waals surface area contributed by atoms with Crippen LogP contribution in [0.3, 0.4) is 0 Å². The quantitative estimate of drug-likeness (QED) is 0.520. The summed E-state index contributed by atoms with van der Waals surface area (Å²) in [5, 5.41) is 3.67. The molecule has 172 valence electrons. The second-order valence-electron chi connectivity index (χ2n) is 8.42. The molecule has 0 radical (unpaired) electrons. The SMILES string of the molecule is COc1cc(CNC2CCN(C(=O)CCc3ccccc3)C2)c(-c2ccccc2)cc1OC. The predicted octanol–water partition coefficient (Wildman–Crippen LogP) is 4.69. The van der Waals surface area contributed by atoms with Crippen LogP contribution in [0.15, 0.2) is 72.8 Å². The number of carbonyl (C=O) groups excluding carboxylic acids is 1. The van der Waals surface area contributed by atoms with E-state index in [-0.39, 0.29) is 11.9 Å². The molecule has 1 atom stereocenters. The molecule has 3 aromatic rings. The number of benzene rings is 3.